The number of likely N-dealkylation sites (tertiary alicyclic amines) is 1. The zero-order valence-corrected chi connectivity index (χ0v) is 11.6. The zero-order valence-electron chi connectivity index (χ0n) is 10.9. The number of alkyl halides is 1. The van der Waals surface area contributed by atoms with E-state index in [-0.39, 0.29) is 5.38 Å². The summed E-state index contributed by atoms with van der Waals surface area (Å²) in [7, 11) is 0. The molecular weight excluding hydrogens is 254 g/mol. The summed E-state index contributed by atoms with van der Waals surface area (Å²) < 4.78 is 0. The maximum Gasteiger partial charge on any atom is 0.0481 e. The number of nitrogens with zero attached hydrogens (tertiary/aromatic N) is 1. The zero-order chi connectivity index (χ0) is 13.1. The van der Waals surface area contributed by atoms with E-state index in [0.717, 1.165) is 19.5 Å². The Morgan fingerprint density at radius 3 is 2.26 bits per heavy atom. The van der Waals surface area contributed by atoms with E-state index in [1.165, 1.54) is 11.1 Å². The van der Waals surface area contributed by atoms with Gasteiger partial charge in [0.05, 0.1) is 0 Å². The highest BCUT2D eigenvalue weighted by molar-refractivity contribution is 6.21. The molecule has 0 aliphatic carbocycles. The molecule has 1 aliphatic heterocycles. The Hall–Kier alpha value is -1.31. The summed E-state index contributed by atoms with van der Waals surface area (Å²) in [5.74, 6) is 0. The minimum Gasteiger partial charge on any atom is -0.291 e. The predicted molar refractivity (Wildman–Crippen MR) is 80.3 cm³/mol. The number of halogens is 1. The van der Waals surface area contributed by atoms with Crippen molar-refractivity contribution in [2.24, 2.45) is 0 Å². The molecule has 0 spiro atoms. The van der Waals surface area contributed by atoms with E-state index in [1.54, 1.807) is 0 Å². The Balaban J connectivity index is 1.79. The van der Waals surface area contributed by atoms with Crippen molar-refractivity contribution in [3.8, 4) is 0 Å². The summed E-state index contributed by atoms with van der Waals surface area (Å²) >= 11 is 6.38. The van der Waals surface area contributed by atoms with Crippen molar-refractivity contribution in [1.82, 2.24) is 4.90 Å². The molecule has 98 valence electrons. The molecule has 0 unspecified atom stereocenters. The normalized spacial score (nSPS) is 23.6. The van der Waals surface area contributed by atoms with E-state index in [0.29, 0.717) is 6.04 Å². The predicted octanol–water partition coefficient (Wildman–Crippen LogP) is 4.24. The second-order valence-electron chi connectivity index (χ2n) is 5.17. The van der Waals surface area contributed by atoms with Crippen LogP contribution in [0.1, 0.15) is 23.6 Å². The maximum absolute atomic E-state index is 6.38. The van der Waals surface area contributed by atoms with E-state index in [9.17, 15) is 0 Å². The molecule has 1 heterocycles. The fraction of sp³-hybridized carbons (Fsp3) is 0.294. The monoisotopic (exact) mass is 271 g/mol. The smallest absolute Gasteiger partial charge is 0.0481 e. The Bertz CT molecular complexity index is 511. The quantitative estimate of drug-likeness (QED) is 0.755. The largest absolute Gasteiger partial charge is 0.291 e. The molecular formula is C17H18ClN. The fourth-order valence-corrected chi connectivity index (χ4v) is 3.21. The standard InChI is InChI=1S/C17H18ClN/c18-16-11-17(15-9-5-2-6-10-15)19(13-16)12-14-7-3-1-4-8-14/h1-10,16-17H,11-13H2/t16-,17+/m0/s1. The van der Waals surface area contributed by atoms with E-state index >= 15 is 0 Å². The van der Waals surface area contributed by atoms with Crippen molar-refractivity contribution in [2.75, 3.05) is 6.54 Å². The summed E-state index contributed by atoms with van der Waals surface area (Å²) in [5.41, 5.74) is 2.73. The van der Waals surface area contributed by atoms with Crippen LogP contribution in [-0.4, -0.2) is 16.8 Å². The highest BCUT2D eigenvalue weighted by Crippen LogP contribution is 2.35. The van der Waals surface area contributed by atoms with Crippen LogP contribution in [0.25, 0.3) is 0 Å². The molecule has 0 amide bonds. The molecule has 1 nitrogen and oxygen atoms in total. The lowest BCUT2D eigenvalue weighted by Gasteiger charge is -2.24. The lowest BCUT2D eigenvalue weighted by atomic mass is 10.0. The van der Waals surface area contributed by atoms with E-state index in [2.05, 4.69) is 65.6 Å². The minimum atomic E-state index is 0.258. The van der Waals surface area contributed by atoms with Crippen LogP contribution in [-0.2, 0) is 6.54 Å². The fourth-order valence-electron chi connectivity index (χ4n) is 2.86. The summed E-state index contributed by atoms with van der Waals surface area (Å²) in [4.78, 5) is 2.49. The molecule has 1 fully saturated rings. The first-order valence-electron chi connectivity index (χ1n) is 6.80. The lowest BCUT2D eigenvalue weighted by molar-refractivity contribution is 0.248. The number of benzene rings is 2. The molecule has 1 aliphatic rings. The lowest BCUT2D eigenvalue weighted by Crippen LogP contribution is -2.23. The van der Waals surface area contributed by atoms with Crippen LogP contribution in [0.3, 0.4) is 0 Å². The first-order valence-corrected chi connectivity index (χ1v) is 7.23. The van der Waals surface area contributed by atoms with Crippen LogP contribution in [0.5, 0.6) is 0 Å². The van der Waals surface area contributed by atoms with Crippen LogP contribution < -0.4 is 0 Å². The number of hydrogen-bond donors (Lipinski definition) is 0. The second kappa shape index (κ2) is 5.77. The third kappa shape index (κ3) is 2.99. The molecule has 2 aromatic carbocycles. The summed E-state index contributed by atoms with van der Waals surface area (Å²) in [6, 6.07) is 21.8. The van der Waals surface area contributed by atoms with Gasteiger partial charge in [0.2, 0.25) is 0 Å². The van der Waals surface area contributed by atoms with Gasteiger partial charge in [0.25, 0.3) is 0 Å². The SMILES string of the molecule is Cl[C@H]1C[C@H](c2ccccc2)N(Cc2ccccc2)C1. The maximum atomic E-state index is 6.38. The Kier molecular flexibility index (Phi) is 3.86. The average molecular weight is 272 g/mol. The van der Waals surface area contributed by atoms with E-state index < -0.39 is 0 Å². The van der Waals surface area contributed by atoms with Gasteiger partial charge in [0.15, 0.2) is 0 Å². The Morgan fingerprint density at radius 1 is 0.947 bits per heavy atom. The highest BCUT2D eigenvalue weighted by Gasteiger charge is 2.31. The molecule has 1 saturated heterocycles. The Morgan fingerprint density at radius 2 is 1.58 bits per heavy atom. The molecule has 3 rings (SSSR count). The third-order valence-corrected chi connectivity index (χ3v) is 4.08. The van der Waals surface area contributed by atoms with Gasteiger partial charge in [-0.3, -0.25) is 4.90 Å². The van der Waals surface area contributed by atoms with Crippen LogP contribution in [0.15, 0.2) is 60.7 Å². The van der Waals surface area contributed by atoms with Crippen molar-refractivity contribution < 1.29 is 0 Å². The van der Waals surface area contributed by atoms with Crippen molar-refractivity contribution in [1.29, 1.82) is 0 Å². The molecule has 0 saturated carbocycles. The highest BCUT2D eigenvalue weighted by atomic mass is 35.5. The first kappa shape index (κ1) is 12.7. The van der Waals surface area contributed by atoms with Crippen molar-refractivity contribution in [2.45, 2.75) is 24.4 Å². The van der Waals surface area contributed by atoms with Crippen LogP contribution >= 0.6 is 11.6 Å². The van der Waals surface area contributed by atoms with E-state index in [1.807, 2.05) is 0 Å². The molecule has 2 aromatic rings. The van der Waals surface area contributed by atoms with Crippen molar-refractivity contribution in [3.63, 3.8) is 0 Å². The first-order chi connectivity index (χ1) is 9.33. The molecule has 0 N–H and O–H groups in total. The van der Waals surface area contributed by atoms with Gasteiger partial charge in [0.1, 0.15) is 0 Å². The van der Waals surface area contributed by atoms with E-state index in [4.69, 9.17) is 11.6 Å². The van der Waals surface area contributed by atoms with Crippen LogP contribution in [0, 0.1) is 0 Å². The van der Waals surface area contributed by atoms with Gasteiger partial charge in [-0.05, 0) is 17.5 Å². The van der Waals surface area contributed by atoms with Gasteiger partial charge in [-0.25, -0.2) is 0 Å². The summed E-state index contributed by atoms with van der Waals surface area (Å²) in [6.07, 6.45) is 1.04. The topological polar surface area (TPSA) is 3.24 Å². The van der Waals surface area contributed by atoms with Crippen molar-refractivity contribution >= 4 is 11.6 Å². The average Bonchev–Trinajstić information content (AvgIpc) is 2.82. The van der Waals surface area contributed by atoms with Gasteiger partial charge in [-0.15, -0.1) is 11.6 Å². The van der Waals surface area contributed by atoms with Gasteiger partial charge in [0, 0.05) is 24.5 Å². The van der Waals surface area contributed by atoms with Gasteiger partial charge < -0.3 is 0 Å². The molecule has 0 radical (unpaired) electrons. The van der Waals surface area contributed by atoms with Crippen LogP contribution in [0.2, 0.25) is 0 Å². The third-order valence-electron chi connectivity index (χ3n) is 3.77. The number of hydrogen-bond acceptors (Lipinski definition) is 1. The minimum absolute atomic E-state index is 0.258. The summed E-state index contributed by atoms with van der Waals surface area (Å²) in [5, 5.41) is 0.258. The summed E-state index contributed by atoms with van der Waals surface area (Å²) in [6.45, 7) is 1.94. The molecule has 19 heavy (non-hydrogen) atoms. The molecule has 0 bridgehead atoms. The van der Waals surface area contributed by atoms with Crippen molar-refractivity contribution in [3.05, 3.63) is 71.8 Å². The molecule has 2 atom stereocenters. The second-order valence-corrected chi connectivity index (χ2v) is 5.79. The number of rotatable bonds is 3. The molecule has 2 heteroatoms. The van der Waals surface area contributed by atoms with Gasteiger partial charge in [-0.2, -0.15) is 0 Å². The van der Waals surface area contributed by atoms with Gasteiger partial charge >= 0.3 is 0 Å². The van der Waals surface area contributed by atoms with Gasteiger partial charge in [-0.1, -0.05) is 60.7 Å². The Labute approximate surface area is 119 Å². The van der Waals surface area contributed by atoms with Crippen LogP contribution in [0.4, 0.5) is 0 Å². The molecule has 0 aromatic heterocycles.